The van der Waals surface area contributed by atoms with Crippen LogP contribution in [0.3, 0.4) is 0 Å². The molecule has 0 radical (unpaired) electrons. The Kier molecular flexibility index (Phi) is 5.63. The summed E-state index contributed by atoms with van der Waals surface area (Å²) in [5, 5.41) is 12.5. The van der Waals surface area contributed by atoms with E-state index in [1.807, 2.05) is 6.92 Å². The minimum Gasteiger partial charge on any atom is -0.507 e. The Morgan fingerprint density at radius 2 is 2.00 bits per heavy atom. The van der Waals surface area contributed by atoms with Gasteiger partial charge in [-0.2, -0.15) is 0 Å². The third-order valence-corrected chi connectivity index (χ3v) is 4.08. The van der Waals surface area contributed by atoms with Crippen molar-refractivity contribution in [1.29, 1.82) is 0 Å². The van der Waals surface area contributed by atoms with Gasteiger partial charge in [-0.15, -0.1) is 0 Å². The second-order valence-electron chi connectivity index (χ2n) is 4.75. The monoisotopic (exact) mass is 397 g/mol. The maximum absolute atomic E-state index is 11.8. The molecular formula is C16H13BrClNO4. The van der Waals surface area contributed by atoms with E-state index in [0.717, 1.165) is 10.0 Å². The molecule has 0 spiro atoms. The molecule has 2 rings (SSSR count). The van der Waals surface area contributed by atoms with Crippen LogP contribution in [0.2, 0.25) is 5.02 Å². The van der Waals surface area contributed by atoms with Crippen molar-refractivity contribution in [3.05, 3.63) is 57.0 Å². The first-order chi connectivity index (χ1) is 10.9. The van der Waals surface area contributed by atoms with E-state index < -0.39 is 18.5 Å². The van der Waals surface area contributed by atoms with Crippen LogP contribution < -0.4 is 5.32 Å². The first kappa shape index (κ1) is 17.3. The van der Waals surface area contributed by atoms with Crippen LogP contribution in [0.1, 0.15) is 15.9 Å². The molecule has 0 aliphatic heterocycles. The molecule has 7 heteroatoms. The SMILES string of the molecule is Cc1cc(NC(=O)COC(=O)c2cc(Cl)ccc2O)ccc1Br. The number of aryl methyl sites for hydroxylation is 1. The Bertz CT molecular complexity index is 764. The van der Waals surface area contributed by atoms with Crippen molar-refractivity contribution in [3.8, 4) is 5.75 Å². The molecule has 0 atom stereocenters. The van der Waals surface area contributed by atoms with Gasteiger partial charge in [-0.1, -0.05) is 27.5 Å². The zero-order valence-electron chi connectivity index (χ0n) is 12.1. The fourth-order valence-corrected chi connectivity index (χ4v) is 2.22. The van der Waals surface area contributed by atoms with E-state index in [2.05, 4.69) is 21.2 Å². The van der Waals surface area contributed by atoms with Crippen LogP contribution in [0.25, 0.3) is 0 Å². The van der Waals surface area contributed by atoms with Gasteiger partial charge >= 0.3 is 5.97 Å². The van der Waals surface area contributed by atoms with Gasteiger partial charge in [0.25, 0.3) is 5.91 Å². The first-order valence-electron chi connectivity index (χ1n) is 6.58. The van der Waals surface area contributed by atoms with Crippen LogP contribution in [-0.4, -0.2) is 23.6 Å². The van der Waals surface area contributed by atoms with Gasteiger partial charge in [0, 0.05) is 15.2 Å². The number of phenols is 1. The molecule has 0 fully saturated rings. The van der Waals surface area contributed by atoms with E-state index in [1.165, 1.54) is 18.2 Å². The molecule has 0 saturated heterocycles. The molecule has 0 aromatic heterocycles. The average Bonchev–Trinajstić information content (AvgIpc) is 2.51. The summed E-state index contributed by atoms with van der Waals surface area (Å²) in [5.74, 6) is -1.57. The number of amides is 1. The lowest BCUT2D eigenvalue weighted by molar-refractivity contribution is -0.119. The number of esters is 1. The minimum atomic E-state index is -0.827. The number of benzene rings is 2. The van der Waals surface area contributed by atoms with Gasteiger partial charge < -0.3 is 15.2 Å². The number of rotatable bonds is 4. The van der Waals surface area contributed by atoms with Crippen molar-refractivity contribution in [2.24, 2.45) is 0 Å². The zero-order valence-corrected chi connectivity index (χ0v) is 14.4. The van der Waals surface area contributed by atoms with Gasteiger partial charge in [-0.05, 0) is 48.9 Å². The number of nitrogens with one attached hydrogen (secondary N) is 1. The molecule has 120 valence electrons. The Hall–Kier alpha value is -2.05. The van der Waals surface area contributed by atoms with Gasteiger partial charge in [0.05, 0.1) is 0 Å². The van der Waals surface area contributed by atoms with Crippen LogP contribution in [0.15, 0.2) is 40.9 Å². The Labute approximate surface area is 146 Å². The highest BCUT2D eigenvalue weighted by molar-refractivity contribution is 9.10. The standard InChI is InChI=1S/C16H13BrClNO4/c1-9-6-11(3-4-13(9)17)19-15(21)8-23-16(22)12-7-10(18)2-5-14(12)20/h2-7,20H,8H2,1H3,(H,19,21). The molecule has 23 heavy (non-hydrogen) atoms. The molecular weight excluding hydrogens is 386 g/mol. The average molecular weight is 399 g/mol. The number of anilines is 1. The van der Waals surface area contributed by atoms with E-state index in [0.29, 0.717) is 5.69 Å². The molecule has 0 heterocycles. The Morgan fingerprint density at radius 3 is 2.70 bits per heavy atom. The summed E-state index contributed by atoms with van der Waals surface area (Å²) >= 11 is 9.12. The highest BCUT2D eigenvalue weighted by atomic mass is 79.9. The van der Waals surface area contributed by atoms with Crippen LogP contribution in [0.4, 0.5) is 5.69 Å². The molecule has 2 aromatic carbocycles. The van der Waals surface area contributed by atoms with Crippen LogP contribution in [0, 0.1) is 6.92 Å². The van der Waals surface area contributed by atoms with Gasteiger partial charge in [0.2, 0.25) is 0 Å². The number of carbonyl (C=O) groups is 2. The van der Waals surface area contributed by atoms with E-state index in [4.69, 9.17) is 16.3 Å². The Balaban J connectivity index is 1.94. The van der Waals surface area contributed by atoms with Gasteiger partial charge in [0.1, 0.15) is 11.3 Å². The van der Waals surface area contributed by atoms with Gasteiger partial charge in [0.15, 0.2) is 6.61 Å². The molecule has 0 unspecified atom stereocenters. The topological polar surface area (TPSA) is 75.6 Å². The quantitative estimate of drug-likeness (QED) is 0.766. The molecule has 0 saturated carbocycles. The smallest absolute Gasteiger partial charge is 0.342 e. The lowest BCUT2D eigenvalue weighted by atomic mass is 10.2. The number of hydrogen-bond acceptors (Lipinski definition) is 4. The van der Waals surface area contributed by atoms with Crippen molar-refractivity contribution < 1.29 is 19.4 Å². The predicted molar refractivity (Wildman–Crippen MR) is 90.9 cm³/mol. The molecule has 0 aliphatic rings. The summed E-state index contributed by atoms with van der Waals surface area (Å²) in [6.45, 7) is 1.42. The summed E-state index contributed by atoms with van der Waals surface area (Å²) in [6, 6.07) is 9.31. The van der Waals surface area contributed by atoms with Crippen molar-refractivity contribution in [1.82, 2.24) is 0 Å². The summed E-state index contributed by atoms with van der Waals surface area (Å²) in [7, 11) is 0. The van der Waals surface area contributed by atoms with Gasteiger partial charge in [-0.25, -0.2) is 4.79 Å². The fraction of sp³-hybridized carbons (Fsp3) is 0.125. The fourth-order valence-electron chi connectivity index (χ4n) is 1.80. The molecule has 2 N–H and O–H groups in total. The van der Waals surface area contributed by atoms with Crippen molar-refractivity contribution in [2.75, 3.05) is 11.9 Å². The third kappa shape index (κ3) is 4.71. The molecule has 0 bridgehead atoms. The number of ether oxygens (including phenoxy) is 1. The molecule has 0 aliphatic carbocycles. The van der Waals surface area contributed by atoms with Crippen LogP contribution in [0.5, 0.6) is 5.75 Å². The molecule has 5 nitrogen and oxygen atoms in total. The second kappa shape index (κ2) is 7.48. The highest BCUT2D eigenvalue weighted by Crippen LogP contribution is 2.22. The van der Waals surface area contributed by atoms with E-state index in [-0.39, 0.29) is 16.3 Å². The summed E-state index contributed by atoms with van der Waals surface area (Å²) < 4.78 is 5.80. The number of phenolic OH excluding ortho intramolecular Hbond substituents is 1. The van der Waals surface area contributed by atoms with Crippen molar-refractivity contribution in [2.45, 2.75) is 6.92 Å². The summed E-state index contributed by atoms with van der Waals surface area (Å²) in [5.41, 5.74) is 1.46. The summed E-state index contributed by atoms with van der Waals surface area (Å²) in [6.07, 6.45) is 0. The maximum Gasteiger partial charge on any atom is 0.342 e. The lowest BCUT2D eigenvalue weighted by Crippen LogP contribution is -2.21. The second-order valence-corrected chi connectivity index (χ2v) is 6.04. The number of aromatic hydroxyl groups is 1. The van der Waals surface area contributed by atoms with Crippen molar-refractivity contribution in [3.63, 3.8) is 0 Å². The largest absolute Gasteiger partial charge is 0.507 e. The first-order valence-corrected chi connectivity index (χ1v) is 7.75. The normalized spacial score (nSPS) is 10.2. The number of hydrogen-bond donors (Lipinski definition) is 2. The van der Waals surface area contributed by atoms with E-state index in [9.17, 15) is 14.7 Å². The predicted octanol–water partition coefficient (Wildman–Crippen LogP) is 3.91. The number of carbonyl (C=O) groups excluding carboxylic acids is 2. The van der Waals surface area contributed by atoms with Crippen molar-refractivity contribution >= 4 is 45.1 Å². The van der Waals surface area contributed by atoms with Gasteiger partial charge in [-0.3, -0.25) is 4.79 Å². The molecule has 2 aromatic rings. The third-order valence-electron chi connectivity index (χ3n) is 2.95. The van der Waals surface area contributed by atoms with E-state index in [1.54, 1.807) is 18.2 Å². The minimum absolute atomic E-state index is 0.0928. The van der Waals surface area contributed by atoms with E-state index >= 15 is 0 Å². The Morgan fingerprint density at radius 1 is 1.26 bits per heavy atom. The maximum atomic E-state index is 11.8. The zero-order chi connectivity index (χ0) is 17.0. The molecule has 1 amide bonds. The summed E-state index contributed by atoms with van der Waals surface area (Å²) in [4.78, 5) is 23.7. The number of halogens is 2. The lowest BCUT2D eigenvalue weighted by Gasteiger charge is -2.09. The van der Waals surface area contributed by atoms with Crippen LogP contribution in [-0.2, 0) is 9.53 Å². The highest BCUT2D eigenvalue weighted by Gasteiger charge is 2.15. The van der Waals surface area contributed by atoms with Crippen LogP contribution >= 0.6 is 27.5 Å².